The van der Waals surface area contributed by atoms with Crippen LogP contribution in [0.4, 0.5) is 0 Å². The molecule has 17 heavy (non-hydrogen) atoms. The van der Waals surface area contributed by atoms with Gasteiger partial charge in [0.2, 0.25) is 0 Å². The summed E-state index contributed by atoms with van der Waals surface area (Å²) >= 11 is 7.70. The van der Waals surface area contributed by atoms with Gasteiger partial charge in [-0.15, -0.1) is 11.8 Å². The minimum atomic E-state index is 0.0129. The Morgan fingerprint density at radius 2 is 1.82 bits per heavy atom. The van der Waals surface area contributed by atoms with Crippen molar-refractivity contribution in [3.8, 4) is 0 Å². The van der Waals surface area contributed by atoms with Crippen LogP contribution in [-0.2, 0) is 0 Å². The van der Waals surface area contributed by atoms with Crippen LogP contribution in [0.1, 0.15) is 11.6 Å². The quantitative estimate of drug-likeness (QED) is 0.840. The maximum Gasteiger partial charge on any atom is 0.0409 e. The van der Waals surface area contributed by atoms with E-state index in [1.54, 1.807) is 11.8 Å². The third-order valence-corrected chi connectivity index (χ3v) is 3.82. The van der Waals surface area contributed by atoms with Gasteiger partial charge >= 0.3 is 0 Å². The molecule has 0 fully saturated rings. The lowest BCUT2D eigenvalue weighted by molar-refractivity contribution is 0.831. The zero-order valence-electron chi connectivity index (χ0n) is 9.34. The average Bonchev–Trinajstić information content (AvgIpc) is 2.37. The number of halogens is 1. The van der Waals surface area contributed by atoms with Crippen LogP contribution < -0.4 is 5.73 Å². The molecule has 0 spiro atoms. The maximum absolute atomic E-state index is 6.13. The predicted molar refractivity (Wildman–Crippen MR) is 75.5 cm³/mol. The molecule has 0 aliphatic carbocycles. The first-order valence-corrected chi connectivity index (χ1v) is 6.81. The molecule has 1 unspecified atom stereocenters. The molecular weight excluding hydrogens is 250 g/mol. The topological polar surface area (TPSA) is 26.0 Å². The summed E-state index contributed by atoms with van der Waals surface area (Å²) in [5.74, 6) is 0.852. The molecule has 0 bridgehead atoms. The van der Waals surface area contributed by atoms with Crippen LogP contribution in [0.2, 0.25) is 5.02 Å². The van der Waals surface area contributed by atoms with Crippen LogP contribution in [0.3, 0.4) is 0 Å². The second-order valence-corrected chi connectivity index (χ2v) is 5.32. The van der Waals surface area contributed by atoms with E-state index in [1.807, 2.05) is 42.5 Å². The Balaban J connectivity index is 1.96. The summed E-state index contributed by atoms with van der Waals surface area (Å²) in [7, 11) is 0. The highest BCUT2D eigenvalue weighted by molar-refractivity contribution is 7.99. The molecule has 1 atom stereocenters. The van der Waals surface area contributed by atoms with E-state index in [9.17, 15) is 0 Å². The van der Waals surface area contributed by atoms with Crippen LogP contribution in [0, 0.1) is 0 Å². The number of hydrogen-bond donors (Lipinski definition) is 1. The van der Waals surface area contributed by atoms with Gasteiger partial charge in [-0.3, -0.25) is 0 Å². The van der Waals surface area contributed by atoms with E-state index in [4.69, 9.17) is 17.3 Å². The fraction of sp³-hybridized carbons (Fsp3) is 0.143. The summed E-state index contributed by atoms with van der Waals surface area (Å²) in [6.45, 7) is 0. The first-order chi connectivity index (χ1) is 8.25. The van der Waals surface area contributed by atoms with Gasteiger partial charge in [-0.25, -0.2) is 0 Å². The number of nitrogens with two attached hydrogens (primary N) is 1. The van der Waals surface area contributed by atoms with Crippen LogP contribution in [0.15, 0.2) is 59.5 Å². The van der Waals surface area contributed by atoms with Crippen molar-refractivity contribution in [2.24, 2.45) is 5.73 Å². The van der Waals surface area contributed by atoms with Gasteiger partial charge in [-0.05, 0) is 29.8 Å². The highest BCUT2D eigenvalue weighted by Crippen LogP contribution is 2.24. The monoisotopic (exact) mass is 263 g/mol. The highest BCUT2D eigenvalue weighted by Gasteiger charge is 2.06. The van der Waals surface area contributed by atoms with E-state index in [0.717, 1.165) is 16.3 Å². The normalized spacial score (nSPS) is 12.4. The van der Waals surface area contributed by atoms with Gasteiger partial charge in [0.1, 0.15) is 0 Å². The molecule has 0 aliphatic rings. The van der Waals surface area contributed by atoms with Gasteiger partial charge in [0.15, 0.2) is 0 Å². The number of hydrogen-bond acceptors (Lipinski definition) is 2. The van der Waals surface area contributed by atoms with Crippen molar-refractivity contribution in [1.82, 2.24) is 0 Å². The fourth-order valence-electron chi connectivity index (χ4n) is 1.54. The summed E-state index contributed by atoms with van der Waals surface area (Å²) in [5, 5.41) is 0.739. The molecule has 0 radical (unpaired) electrons. The minimum absolute atomic E-state index is 0.0129. The standard InChI is InChI=1S/C14H14ClNS/c15-12-6-4-5-11(9-12)14(16)10-17-13-7-2-1-3-8-13/h1-9,14H,10,16H2. The van der Waals surface area contributed by atoms with Gasteiger partial charge < -0.3 is 5.73 Å². The van der Waals surface area contributed by atoms with E-state index in [1.165, 1.54) is 4.90 Å². The van der Waals surface area contributed by atoms with Crippen LogP contribution >= 0.6 is 23.4 Å². The van der Waals surface area contributed by atoms with Crippen molar-refractivity contribution in [2.75, 3.05) is 5.75 Å². The number of rotatable bonds is 4. The Kier molecular flexibility index (Phi) is 4.49. The molecular formula is C14H14ClNS. The van der Waals surface area contributed by atoms with Gasteiger partial charge in [0, 0.05) is 21.7 Å². The lowest BCUT2D eigenvalue weighted by Crippen LogP contribution is -2.12. The van der Waals surface area contributed by atoms with Gasteiger partial charge in [0.25, 0.3) is 0 Å². The van der Waals surface area contributed by atoms with Crippen molar-refractivity contribution < 1.29 is 0 Å². The predicted octanol–water partition coefficient (Wildman–Crippen LogP) is 4.13. The van der Waals surface area contributed by atoms with Crippen molar-refractivity contribution in [2.45, 2.75) is 10.9 Å². The first-order valence-electron chi connectivity index (χ1n) is 5.44. The third kappa shape index (κ3) is 3.77. The molecule has 1 nitrogen and oxygen atoms in total. The summed E-state index contributed by atoms with van der Waals surface area (Å²) in [4.78, 5) is 1.24. The zero-order valence-corrected chi connectivity index (χ0v) is 10.9. The summed E-state index contributed by atoms with van der Waals surface area (Å²) in [6, 6.07) is 18.0. The Hall–Kier alpha value is -0.960. The molecule has 0 saturated heterocycles. The van der Waals surface area contributed by atoms with Crippen molar-refractivity contribution in [1.29, 1.82) is 0 Å². The van der Waals surface area contributed by atoms with E-state index < -0.39 is 0 Å². The minimum Gasteiger partial charge on any atom is -0.323 e. The number of thioether (sulfide) groups is 1. The van der Waals surface area contributed by atoms with Crippen LogP contribution in [0.25, 0.3) is 0 Å². The Bertz CT molecular complexity index is 473. The van der Waals surface area contributed by atoms with Gasteiger partial charge in [0.05, 0.1) is 0 Å². The van der Waals surface area contributed by atoms with E-state index in [-0.39, 0.29) is 6.04 Å². The lowest BCUT2D eigenvalue weighted by atomic mass is 10.1. The smallest absolute Gasteiger partial charge is 0.0409 e. The molecule has 2 aromatic carbocycles. The zero-order chi connectivity index (χ0) is 12.1. The Morgan fingerprint density at radius 3 is 2.53 bits per heavy atom. The molecule has 0 heterocycles. The number of benzene rings is 2. The maximum atomic E-state index is 6.13. The summed E-state index contributed by atoms with van der Waals surface area (Å²) in [5.41, 5.74) is 7.22. The lowest BCUT2D eigenvalue weighted by Gasteiger charge is -2.11. The van der Waals surface area contributed by atoms with Crippen LogP contribution in [-0.4, -0.2) is 5.75 Å². The molecule has 2 aromatic rings. The van der Waals surface area contributed by atoms with E-state index in [2.05, 4.69) is 12.1 Å². The molecule has 2 rings (SSSR count). The van der Waals surface area contributed by atoms with Crippen molar-refractivity contribution in [3.05, 3.63) is 65.2 Å². The largest absolute Gasteiger partial charge is 0.323 e. The van der Waals surface area contributed by atoms with E-state index in [0.29, 0.717) is 0 Å². The SMILES string of the molecule is NC(CSc1ccccc1)c1cccc(Cl)c1. The van der Waals surface area contributed by atoms with E-state index >= 15 is 0 Å². The molecule has 88 valence electrons. The molecule has 0 amide bonds. The first kappa shape index (κ1) is 12.5. The molecule has 0 aliphatic heterocycles. The summed E-state index contributed by atoms with van der Waals surface area (Å²) < 4.78 is 0. The molecule has 3 heteroatoms. The fourth-order valence-corrected chi connectivity index (χ4v) is 2.65. The second kappa shape index (κ2) is 6.10. The van der Waals surface area contributed by atoms with Crippen molar-refractivity contribution >= 4 is 23.4 Å². The summed E-state index contributed by atoms with van der Waals surface area (Å²) in [6.07, 6.45) is 0. The van der Waals surface area contributed by atoms with Crippen molar-refractivity contribution in [3.63, 3.8) is 0 Å². The highest BCUT2D eigenvalue weighted by atomic mass is 35.5. The Labute approximate surface area is 111 Å². The Morgan fingerprint density at radius 1 is 1.06 bits per heavy atom. The second-order valence-electron chi connectivity index (χ2n) is 3.79. The third-order valence-electron chi connectivity index (χ3n) is 2.45. The average molecular weight is 264 g/mol. The molecule has 0 aromatic heterocycles. The molecule has 0 saturated carbocycles. The van der Waals surface area contributed by atoms with Gasteiger partial charge in [-0.2, -0.15) is 0 Å². The van der Waals surface area contributed by atoms with Gasteiger partial charge in [-0.1, -0.05) is 41.9 Å². The molecule has 2 N–H and O–H groups in total. The van der Waals surface area contributed by atoms with Crippen LogP contribution in [0.5, 0.6) is 0 Å².